The van der Waals surface area contributed by atoms with Crippen LogP contribution in [0.5, 0.6) is 5.88 Å². The molecule has 0 saturated heterocycles. The lowest BCUT2D eigenvalue weighted by molar-refractivity contribution is 0.407. The Hall–Kier alpha value is -3.08. The van der Waals surface area contributed by atoms with Crippen molar-refractivity contribution in [3.8, 4) is 5.88 Å². The van der Waals surface area contributed by atoms with Crippen LogP contribution in [-0.4, -0.2) is 19.1 Å². The Morgan fingerprint density at radius 1 is 1.04 bits per heavy atom. The largest absolute Gasteiger partial charge is 0.494 e. The second-order valence-corrected chi connectivity index (χ2v) is 5.88. The van der Waals surface area contributed by atoms with Gasteiger partial charge in [-0.25, -0.2) is 9.38 Å². The molecule has 24 heavy (non-hydrogen) atoms. The summed E-state index contributed by atoms with van der Waals surface area (Å²) in [4.78, 5) is 17.2. The molecule has 5 heteroatoms. The molecule has 2 aromatic heterocycles. The molecule has 0 unspecified atom stereocenters. The molecule has 2 heterocycles. The van der Waals surface area contributed by atoms with Gasteiger partial charge in [-0.1, -0.05) is 42.5 Å². The number of hydrogen-bond donors (Lipinski definition) is 1. The molecule has 1 N–H and O–H groups in total. The lowest BCUT2D eigenvalue weighted by Gasteiger charge is -2.13. The van der Waals surface area contributed by atoms with Crippen molar-refractivity contribution in [3.63, 3.8) is 0 Å². The number of aromatic nitrogens is 3. The number of imidazole rings is 1. The van der Waals surface area contributed by atoms with Gasteiger partial charge in [0.2, 0.25) is 11.7 Å². The lowest BCUT2D eigenvalue weighted by atomic mass is 10.1. The van der Waals surface area contributed by atoms with Crippen LogP contribution in [0.2, 0.25) is 0 Å². The van der Waals surface area contributed by atoms with Gasteiger partial charge in [0, 0.05) is 6.54 Å². The van der Waals surface area contributed by atoms with Crippen LogP contribution in [0.25, 0.3) is 16.8 Å². The maximum Gasteiger partial charge on any atom is 0.266 e. The molecule has 0 atom stereocenters. The molecule has 0 aliphatic carbocycles. The Morgan fingerprint density at radius 2 is 1.75 bits per heavy atom. The predicted molar refractivity (Wildman–Crippen MR) is 93.5 cm³/mol. The third kappa shape index (κ3) is 2.17. The van der Waals surface area contributed by atoms with Crippen LogP contribution in [0.4, 0.5) is 0 Å². The Bertz CT molecular complexity index is 1090. The molecule has 120 valence electrons. The monoisotopic (exact) mass is 319 g/mol. The molecule has 0 fully saturated rings. The van der Waals surface area contributed by atoms with Gasteiger partial charge in [0.05, 0.1) is 16.6 Å². The third-order valence-corrected chi connectivity index (χ3v) is 4.37. The maximum absolute atomic E-state index is 12.6. The minimum Gasteiger partial charge on any atom is -0.494 e. The summed E-state index contributed by atoms with van der Waals surface area (Å²) >= 11 is 0. The first-order chi connectivity index (χ1) is 11.7. The number of hydrogen-bond acceptors (Lipinski definition) is 3. The number of aryl methyl sites for hydroxylation is 2. The Morgan fingerprint density at radius 3 is 2.54 bits per heavy atom. The van der Waals surface area contributed by atoms with E-state index in [2.05, 4.69) is 4.98 Å². The first-order valence-electron chi connectivity index (χ1n) is 7.90. The fraction of sp³-hybridized carbons (Fsp3) is 0.158. The zero-order valence-corrected chi connectivity index (χ0v) is 13.3. The van der Waals surface area contributed by atoms with E-state index in [0.29, 0.717) is 17.9 Å². The summed E-state index contributed by atoms with van der Waals surface area (Å²) in [6.07, 6.45) is 0.746. The summed E-state index contributed by atoms with van der Waals surface area (Å²) in [5.41, 5.74) is 2.77. The number of aromatic hydroxyl groups is 1. The van der Waals surface area contributed by atoms with E-state index in [0.717, 1.165) is 17.5 Å². The second-order valence-electron chi connectivity index (χ2n) is 5.88. The normalized spacial score (nSPS) is 11.4. The standard InChI is InChI=1S/C19H17N3O2/c1-13-17(23)21(12-11-14-7-3-2-4-8-14)19-20-15-9-5-6-10-16(15)22(19)18(13)24/h2-10,23H,11-12H2,1H3. The van der Waals surface area contributed by atoms with E-state index in [9.17, 15) is 9.90 Å². The molecule has 4 aromatic rings. The third-order valence-electron chi connectivity index (χ3n) is 4.37. The minimum absolute atomic E-state index is 0.0151. The average molecular weight is 319 g/mol. The van der Waals surface area contributed by atoms with Gasteiger partial charge in [0.15, 0.2) is 0 Å². The summed E-state index contributed by atoms with van der Waals surface area (Å²) in [6, 6.07) is 17.6. The summed E-state index contributed by atoms with van der Waals surface area (Å²) in [5, 5.41) is 10.5. The van der Waals surface area contributed by atoms with Gasteiger partial charge in [-0.2, -0.15) is 0 Å². The van der Waals surface area contributed by atoms with E-state index in [-0.39, 0.29) is 11.4 Å². The van der Waals surface area contributed by atoms with Crippen molar-refractivity contribution in [1.29, 1.82) is 0 Å². The highest BCUT2D eigenvalue weighted by Crippen LogP contribution is 2.21. The highest BCUT2D eigenvalue weighted by atomic mass is 16.3. The fourth-order valence-electron chi connectivity index (χ4n) is 3.05. The van der Waals surface area contributed by atoms with Crippen molar-refractivity contribution < 1.29 is 5.11 Å². The van der Waals surface area contributed by atoms with Crippen molar-refractivity contribution in [2.75, 3.05) is 0 Å². The minimum atomic E-state index is -0.229. The Kier molecular flexibility index (Phi) is 3.34. The summed E-state index contributed by atoms with van der Waals surface area (Å²) in [7, 11) is 0. The van der Waals surface area contributed by atoms with Gasteiger partial charge in [-0.15, -0.1) is 0 Å². The SMILES string of the molecule is Cc1c(O)n(CCc2ccccc2)c2nc3ccccc3n2c1=O. The van der Waals surface area contributed by atoms with Crippen molar-refractivity contribution in [2.24, 2.45) is 0 Å². The Labute approximate surface area is 138 Å². The number of fused-ring (bicyclic) bond motifs is 3. The van der Waals surface area contributed by atoms with Gasteiger partial charge in [-0.3, -0.25) is 9.36 Å². The molecule has 0 radical (unpaired) electrons. The van der Waals surface area contributed by atoms with Crippen LogP contribution in [0.3, 0.4) is 0 Å². The summed E-state index contributed by atoms with van der Waals surface area (Å²) in [5.74, 6) is 0.457. The molecule has 0 amide bonds. The molecule has 4 rings (SSSR count). The van der Waals surface area contributed by atoms with E-state index in [1.807, 2.05) is 54.6 Å². The van der Waals surface area contributed by atoms with Gasteiger partial charge >= 0.3 is 0 Å². The van der Waals surface area contributed by atoms with Crippen molar-refractivity contribution in [2.45, 2.75) is 19.9 Å². The molecule has 5 nitrogen and oxygen atoms in total. The lowest BCUT2D eigenvalue weighted by Crippen LogP contribution is -2.21. The van der Waals surface area contributed by atoms with Crippen LogP contribution in [0, 0.1) is 6.92 Å². The zero-order chi connectivity index (χ0) is 16.7. The van der Waals surface area contributed by atoms with Crippen LogP contribution >= 0.6 is 0 Å². The highest BCUT2D eigenvalue weighted by Gasteiger charge is 2.17. The second kappa shape index (κ2) is 5.53. The van der Waals surface area contributed by atoms with E-state index < -0.39 is 0 Å². The van der Waals surface area contributed by atoms with E-state index in [4.69, 9.17) is 0 Å². The average Bonchev–Trinajstić information content (AvgIpc) is 3.00. The molecule has 0 saturated carbocycles. The van der Waals surface area contributed by atoms with Crippen LogP contribution in [0.15, 0.2) is 59.4 Å². The van der Waals surface area contributed by atoms with Crippen LogP contribution < -0.4 is 5.56 Å². The molecular weight excluding hydrogens is 302 g/mol. The highest BCUT2D eigenvalue weighted by molar-refractivity contribution is 5.79. The van der Waals surface area contributed by atoms with Crippen molar-refractivity contribution >= 4 is 16.8 Å². The molecule has 0 bridgehead atoms. The van der Waals surface area contributed by atoms with Crippen LogP contribution in [0.1, 0.15) is 11.1 Å². The molecule has 2 aromatic carbocycles. The summed E-state index contributed by atoms with van der Waals surface area (Å²) < 4.78 is 3.29. The molecule has 0 aliphatic rings. The van der Waals surface area contributed by atoms with E-state index >= 15 is 0 Å². The number of benzene rings is 2. The molecule has 0 spiro atoms. The van der Waals surface area contributed by atoms with E-state index in [1.165, 1.54) is 5.56 Å². The van der Waals surface area contributed by atoms with Gasteiger partial charge in [0.25, 0.3) is 5.56 Å². The quantitative estimate of drug-likeness (QED) is 0.631. The van der Waals surface area contributed by atoms with Gasteiger partial charge in [0.1, 0.15) is 0 Å². The maximum atomic E-state index is 12.6. The first kappa shape index (κ1) is 14.5. The van der Waals surface area contributed by atoms with Gasteiger partial charge < -0.3 is 5.11 Å². The van der Waals surface area contributed by atoms with Gasteiger partial charge in [-0.05, 0) is 31.0 Å². The topological polar surface area (TPSA) is 59.5 Å². The Balaban J connectivity index is 1.92. The predicted octanol–water partition coefficient (Wildman–Crippen LogP) is 2.91. The number of nitrogens with zero attached hydrogens (tertiary/aromatic N) is 3. The first-order valence-corrected chi connectivity index (χ1v) is 7.90. The number of para-hydroxylation sites is 2. The number of rotatable bonds is 3. The summed E-state index contributed by atoms with van der Waals surface area (Å²) in [6.45, 7) is 2.19. The van der Waals surface area contributed by atoms with E-state index in [1.54, 1.807) is 15.9 Å². The fourth-order valence-corrected chi connectivity index (χ4v) is 3.05. The smallest absolute Gasteiger partial charge is 0.266 e. The van der Waals surface area contributed by atoms with Crippen LogP contribution in [-0.2, 0) is 13.0 Å². The van der Waals surface area contributed by atoms with Crippen molar-refractivity contribution in [1.82, 2.24) is 14.0 Å². The molecular formula is C19H17N3O2. The molecule has 0 aliphatic heterocycles. The van der Waals surface area contributed by atoms with Crippen molar-refractivity contribution in [3.05, 3.63) is 76.1 Å². The zero-order valence-electron chi connectivity index (χ0n) is 13.3.